The summed E-state index contributed by atoms with van der Waals surface area (Å²) in [6.45, 7) is 0. The van der Waals surface area contributed by atoms with Crippen molar-refractivity contribution in [3.8, 4) is 11.1 Å². The van der Waals surface area contributed by atoms with E-state index in [1.807, 2.05) is 54.7 Å². The van der Waals surface area contributed by atoms with Crippen LogP contribution >= 0.6 is 0 Å². The summed E-state index contributed by atoms with van der Waals surface area (Å²) in [5.41, 5.74) is 10.7. The van der Waals surface area contributed by atoms with Crippen LogP contribution in [0, 0.1) is 0 Å². The molecular formula is C20H18N6O. The lowest BCUT2D eigenvalue weighted by atomic mass is 10.1. The number of fused-ring (bicyclic) bond motifs is 1. The third kappa shape index (κ3) is 3.30. The highest BCUT2D eigenvalue weighted by Crippen LogP contribution is 2.23. The Kier molecular flexibility index (Phi) is 4.18. The molecule has 27 heavy (non-hydrogen) atoms. The zero-order valence-corrected chi connectivity index (χ0v) is 14.7. The maximum atomic E-state index is 11.7. The number of nitrogens with one attached hydrogen (secondary N) is 2. The van der Waals surface area contributed by atoms with Gasteiger partial charge in [-0.1, -0.05) is 24.3 Å². The molecule has 4 aromatic rings. The van der Waals surface area contributed by atoms with E-state index in [0.717, 1.165) is 22.5 Å². The first-order valence-corrected chi connectivity index (χ1v) is 8.44. The number of rotatable bonds is 4. The van der Waals surface area contributed by atoms with Crippen molar-refractivity contribution in [1.29, 1.82) is 0 Å². The fourth-order valence-electron chi connectivity index (χ4n) is 2.80. The number of hydrogen-bond acceptors (Lipinski definition) is 5. The van der Waals surface area contributed by atoms with Gasteiger partial charge in [0, 0.05) is 24.4 Å². The minimum atomic E-state index is -0.107. The number of benzene rings is 2. The summed E-state index contributed by atoms with van der Waals surface area (Å²) in [5.74, 6) is 0.365. The monoisotopic (exact) mass is 358 g/mol. The van der Waals surface area contributed by atoms with Gasteiger partial charge in [0.05, 0.1) is 11.4 Å². The summed E-state index contributed by atoms with van der Waals surface area (Å²) in [7, 11) is 1.61. The number of nitrogens with zero attached hydrogens (tertiary/aromatic N) is 3. The molecule has 0 saturated heterocycles. The number of carbonyl (C=O) groups is 1. The maximum Gasteiger partial charge on any atom is 0.251 e. The molecule has 0 aliphatic carbocycles. The van der Waals surface area contributed by atoms with E-state index in [4.69, 9.17) is 5.73 Å². The van der Waals surface area contributed by atoms with Gasteiger partial charge in [0.2, 0.25) is 5.95 Å². The second kappa shape index (κ2) is 6.80. The van der Waals surface area contributed by atoms with Gasteiger partial charge in [-0.2, -0.15) is 4.98 Å². The average Bonchev–Trinajstić information content (AvgIpc) is 3.11. The first kappa shape index (κ1) is 16.6. The topological polar surface area (TPSA) is 97.3 Å². The number of hydrogen-bond donors (Lipinski definition) is 3. The number of nitrogen functional groups attached to an aromatic ring is 1. The van der Waals surface area contributed by atoms with Crippen molar-refractivity contribution in [2.45, 2.75) is 0 Å². The van der Waals surface area contributed by atoms with Crippen LogP contribution in [0.1, 0.15) is 10.4 Å². The van der Waals surface area contributed by atoms with Gasteiger partial charge < -0.3 is 16.4 Å². The number of amides is 1. The summed E-state index contributed by atoms with van der Waals surface area (Å²) in [4.78, 5) is 16.1. The van der Waals surface area contributed by atoms with E-state index < -0.39 is 0 Å². The molecule has 4 rings (SSSR count). The molecule has 134 valence electrons. The number of pyridine rings is 1. The van der Waals surface area contributed by atoms with E-state index in [2.05, 4.69) is 20.7 Å². The van der Waals surface area contributed by atoms with E-state index in [0.29, 0.717) is 17.2 Å². The van der Waals surface area contributed by atoms with Crippen molar-refractivity contribution < 1.29 is 4.79 Å². The van der Waals surface area contributed by atoms with E-state index in [-0.39, 0.29) is 5.91 Å². The van der Waals surface area contributed by atoms with Crippen LogP contribution in [-0.4, -0.2) is 27.6 Å². The first-order chi connectivity index (χ1) is 13.1. The van der Waals surface area contributed by atoms with Gasteiger partial charge in [-0.05, 0) is 42.0 Å². The molecular weight excluding hydrogens is 340 g/mol. The molecule has 2 aromatic heterocycles. The summed E-state index contributed by atoms with van der Waals surface area (Å²) < 4.78 is 1.71. The quantitative estimate of drug-likeness (QED) is 0.487. The lowest BCUT2D eigenvalue weighted by molar-refractivity contribution is 0.0963. The van der Waals surface area contributed by atoms with Crippen LogP contribution < -0.4 is 16.4 Å². The third-order valence-electron chi connectivity index (χ3n) is 4.25. The van der Waals surface area contributed by atoms with Gasteiger partial charge >= 0.3 is 0 Å². The minimum absolute atomic E-state index is 0.107. The summed E-state index contributed by atoms with van der Waals surface area (Å²) in [6, 6.07) is 18.7. The summed E-state index contributed by atoms with van der Waals surface area (Å²) in [5, 5.41) is 10.2. The second-order valence-corrected chi connectivity index (χ2v) is 6.02. The zero-order valence-electron chi connectivity index (χ0n) is 14.7. The molecule has 2 heterocycles. The predicted molar refractivity (Wildman–Crippen MR) is 106 cm³/mol. The number of carbonyl (C=O) groups excluding carboxylic acids is 1. The third-order valence-corrected chi connectivity index (χ3v) is 4.25. The summed E-state index contributed by atoms with van der Waals surface area (Å²) >= 11 is 0. The highest BCUT2D eigenvalue weighted by Gasteiger charge is 2.08. The molecule has 7 heteroatoms. The Bertz CT molecular complexity index is 1120. The van der Waals surface area contributed by atoms with Gasteiger partial charge in [0.1, 0.15) is 0 Å². The van der Waals surface area contributed by atoms with Crippen molar-refractivity contribution in [2.75, 3.05) is 18.1 Å². The van der Waals surface area contributed by atoms with Crippen LogP contribution in [0.5, 0.6) is 0 Å². The lowest BCUT2D eigenvalue weighted by Gasteiger charge is -2.04. The van der Waals surface area contributed by atoms with Crippen LogP contribution in [-0.2, 0) is 0 Å². The second-order valence-electron chi connectivity index (χ2n) is 6.02. The molecule has 0 fully saturated rings. The van der Waals surface area contributed by atoms with Gasteiger partial charge in [0.25, 0.3) is 5.91 Å². The van der Waals surface area contributed by atoms with E-state index in [9.17, 15) is 4.79 Å². The maximum absolute atomic E-state index is 11.7. The van der Waals surface area contributed by atoms with Crippen LogP contribution in [0.15, 0.2) is 66.9 Å². The Morgan fingerprint density at radius 1 is 1.00 bits per heavy atom. The van der Waals surface area contributed by atoms with Crippen LogP contribution in [0.4, 0.5) is 17.3 Å². The average molecular weight is 358 g/mol. The van der Waals surface area contributed by atoms with Gasteiger partial charge in [0.15, 0.2) is 5.65 Å². The molecule has 0 unspecified atom stereocenters. The SMILES string of the molecule is CNC(=O)c1ccc(-c2ccc3nc(Nc4ccccc4N)nn3c2)cc1. The number of nitrogens with two attached hydrogens (primary N) is 1. The van der Waals surface area contributed by atoms with E-state index >= 15 is 0 Å². The molecule has 0 saturated carbocycles. The van der Waals surface area contributed by atoms with Crippen molar-refractivity contribution in [3.63, 3.8) is 0 Å². The fraction of sp³-hybridized carbons (Fsp3) is 0.0500. The first-order valence-electron chi connectivity index (χ1n) is 8.44. The largest absolute Gasteiger partial charge is 0.397 e. The normalized spacial score (nSPS) is 10.7. The Hall–Kier alpha value is -3.87. The van der Waals surface area contributed by atoms with Crippen LogP contribution in [0.2, 0.25) is 0 Å². The van der Waals surface area contributed by atoms with E-state index in [1.54, 1.807) is 23.7 Å². The molecule has 0 bridgehead atoms. The Labute approximate surface area is 155 Å². The summed E-state index contributed by atoms with van der Waals surface area (Å²) in [6.07, 6.45) is 1.90. The minimum Gasteiger partial charge on any atom is -0.397 e. The smallest absolute Gasteiger partial charge is 0.251 e. The Morgan fingerprint density at radius 3 is 2.48 bits per heavy atom. The standard InChI is InChI=1S/C20H18N6O/c1-22-19(27)14-8-6-13(7-9-14)15-10-11-18-24-20(25-26(18)12-15)23-17-5-3-2-4-16(17)21/h2-12H,21H2,1H3,(H,22,27)(H,23,25). The van der Waals surface area contributed by atoms with Crippen molar-refractivity contribution in [3.05, 3.63) is 72.4 Å². The molecule has 1 amide bonds. The molecule has 0 atom stereocenters. The van der Waals surface area contributed by atoms with Crippen molar-refractivity contribution in [2.24, 2.45) is 0 Å². The van der Waals surface area contributed by atoms with Crippen molar-refractivity contribution in [1.82, 2.24) is 19.9 Å². The van der Waals surface area contributed by atoms with Crippen LogP contribution in [0.3, 0.4) is 0 Å². The fourth-order valence-corrected chi connectivity index (χ4v) is 2.80. The lowest BCUT2D eigenvalue weighted by Crippen LogP contribution is -2.17. The molecule has 0 aliphatic heterocycles. The Morgan fingerprint density at radius 2 is 1.74 bits per heavy atom. The molecule has 7 nitrogen and oxygen atoms in total. The van der Waals surface area contributed by atoms with Crippen molar-refractivity contribution >= 4 is 28.9 Å². The highest BCUT2D eigenvalue weighted by atomic mass is 16.1. The number of aromatic nitrogens is 3. The van der Waals surface area contributed by atoms with Gasteiger partial charge in [-0.15, -0.1) is 5.10 Å². The highest BCUT2D eigenvalue weighted by molar-refractivity contribution is 5.94. The molecule has 0 aliphatic rings. The molecule has 0 radical (unpaired) electrons. The molecule has 2 aromatic carbocycles. The number of anilines is 3. The molecule has 4 N–H and O–H groups in total. The Balaban J connectivity index is 1.63. The van der Waals surface area contributed by atoms with Crippen LogP contribution in [0.25, 0.3) is 16.8 Å². The van der Waals surface area contributed by atoms with Gasteiger partial charge in [-0.3, -0.25) is 4.79 Å². The van der Waals surface area contributed by atoms with E-state index in [1.165, 1.54) is 0 Å². The van der Waals surface area contributed by atoms with Gasteiger partial charge in [-0.25, -0.2) is 4.52 Å². The molecule has 0 spiro atoms. The zero-order chi connectivity index (χ0) is 18.8. The number of para-hydroxylation sites is 2. The predicted octanol–water partition coefficient (Wildman–Crippen LogP) is 3.08.